The van der Waals surface area contributed by atoms with Crippen molar-refractivity contribution in [2.75, 3.05) is 12.4 Å². The standard InChI is InChI=1S/C21H20N2OS/c1-24-19-14-8-13-18(15-19)22-21(25)23-20(16-9-4-2-5-10-16)17-11-6-3-7-12-17/h2-15,20H,1H3,(H2,22,23,25). The third kappa shape index (κ3) is 4.58. The predicted octanol–water partition coefficient (Wildman–Crippen LogP) is 4.77. The summed E-state index contributed by atoms with van der Waals surface area (Å²) in [5, 5.41) is 7.20. The van der Waals surface area contributed by atoms with Crippen molar-refractivity contribution in [3.8, 4) is 5.75 Å². The molecule has 0 amide bonds. The highest BCUT2D eigenvalue weighted by Gasteiger charge is 2.14. The number of ether oxygens (including phenoxy) is 1. The third-order valence-electron chi connectivity index (χ3n) is 3.87. The Bertz CT molecular complexity index is 782. The number of benzene rings is 3. The molecule has 0 aliphatic carbocycles. The number of thiocarbonyl (C=S) groups is 1. The summed E-state index contributed by atoms with van der Waals surface area (Å²) in [5.41, 5.74) is 3.20. The largest absolute Gasteiger partial charge is 0.497 e. The Balaban J connectivity index is 1.79. The van der Waals surface area contributed by atoms with Gasteiger partial charge in [-0.05, 0) is 35.5 Å². The van der Waals surface area contributed by atoms with E-state index in [2.05, 4.69) is 34.9 Å². The summed E-state index contributed by atoms with van der Waals surface area (Å²) in [4.78, 5) is 0. The summed E-state index contributed by atoms with van der Waals surface area (Å²) in [7, 11) is 1.65. The first-order chi connectivity index (χ1) is 12.3. The predicted molar refractivity (Wildman–Crippen MR) is 107 cm³/mol. The van der Waals surface area contributed by atoms with Crippen molar-refractivity contribution in [3.63, 3.8) is 0 Å². The first-order valence-corrected chi connectivity index (χ1v) is 8.48. The molecule has 0 unspecified atom stereocenters. The molecule has 3 aromatic rings. The van der Waals surface area contributed by atoms with Gasteiger partial charge in [0, 0.05) is 11.8 Å². The SMILES string of the molecule is COc1cccc(NC(=S)NC(c2ccccc2)c2ccccc2)c1. The highest BCUT2D eigenvalue weighted by Crippen LogP contribution is 2.22. The van der Waals surface area contributed by atoms with Crippen LogP contribution >= 0.6 is 12.2 Å². The second kappa shape index (κ2) is 8.31. The van der Waals surface area contributed by atoms with Crippen LogP contribution in [-0.2, 0) is 0 Å². The van der Waals surface area contributed by atoms with Gasteiger partial charge in [0.2, 0.25) is 0 Å². The molecule has 126 valence electrons. The van der Waals surface area contributed by atoms with Gasteiger partial charge in [-0.3, -0.25) is 0 Å². The van der Waals surface area contributed by atoms with Crippen molar-refractivity contribution in [2.24, 2.45) is 0 Å². The summed E-state index contributed by atoms with van der Waals surface area (Å²) in [5.74, 6) is 0.787. The zero-order chi connectivity index (χ0) is 17.5. The minimum absolute atomic E-state index is 0.0204. The van der Waals surface area contributed by atoms with E-state index >= 15 is 0 Å². The molecule has 3 nitrogen and oxygen atoms in total. The topological polar surface area (TPSA) is 33.3 Å². The Labute approximate surface area is 153 Å². The van der Waals surface area contributed by atoms with Gasteiger partial charge >= 0.3 is 0 Å². The number of methoxy groups -OCH3 is 1. The lowest BCUT2D eigenvalue weighted by Gasteiger charge is -2.22. The second-order valence-electron chi connectivity index (χ2n) is 5.58. The highest BCUT2D eigenvalue weighted by atomic mass is 32.1. The maximum Gasteiger partial charge on any atom is 0.171 e. The van der Waals surface area contributed by atoms with Crippen molar-refractivity contribution in [3.05, 3.63) is 96.1 Å². The molecule has 3 aromatic carbocycles. The molecule has 3 rings (SSSR count). The van der Waals surface area contributed by atoms with E-state index < -0.39 is 0 Å². The molecule has 2 N–H and O–H groups in total. The lowest BCUT2D eigenvalue weighted by molar-refractivity contribution is 0.415. The maximum absolute atomic E-state index is 5.53. The van der Waals surface area contributed by atoms with Gasteiger partial charge in [-0.15, -0.1) is 0 Å². The van der Waals surface area contributed by atoms with E-state index in [1.54, 1.807) is 7.11 Å². The molecular formula is C21H20N2OS. The molecule has 0 aliphatic rings. The number of anilines is 1. The van der Waals surface area contributed by atoms with Gasteiger partial charge in [0.25, 0.3) is 0 Å². The van der Waals surface area contributed by atoms with Crippen LogP contribution in [0.2, 0.25) is 0 Å². The van der Waals surface area contributed by atoms with Gasteiger partial charge in [-0.2, -0.15) is 0 Å². The summed E-state index contributed by atoms with van der Waals surface area (Å²) in [6.07, 6.45) is 0. The first kappa shape index (κ1) is 17.0. The first-order valence-electron chi connectivity index (χ1n) is 8.08. The molecular weight excluding hydrogens is 328 g/mol. The normalized spacial score (nSPS) is 10.3. The van der Waals surface area contributed by atoms with E-state index in [1.165, 1.54) is 0 Å². The fourth-order valence-corrected chi connectivity index (χ4v) is 2.88. The molecule has 0 aliphatic heterocycles. The van der Waals surface area contributed by atoms with E-state index in [9.17, 15) is 0 Å². The Morgan fingerprint density at radius 3 is 2.00 bits per heavy atom. The molecule has 0 heterocycles. The van der Waals surface area contributed by atoms with E-state index in [0.717, 1.165) is 22.6 Å². The summed E-state index contributed by atoms with van der Waals surface area (Å²) >= 11 is 5.53. The van der Waals surface area contributed by atoms with Crippen LogP contribution < -0.4 is 15.4 Å². The lowest BCUT2D eigenvalue weighted by Crippen LogP contribution is -2.33. The lowest BCUT2D eigenvalue weighted by atomic mass is 9.99. The Morgan fingerprint density at radius 1 is 0.840 bits per heavy atom. The fraction of sp³-hybridized carbons (Fsp3) is 0.0952. The molecule has 0 bridgehead atoms. The van der Waals surface area contributed by atoms with Crippen LogP contribution in [-0.4, -0.2) is 12.2 Å². The summed E-state index contributed by atoms with van der Waals surface area (Å²) in [6.45, 7) is 0. The molecule has 0 spiro atoms. The third-order valence-corrected chi connectivity index (χ3v) is 4.09. The second-order valence-corrected chi connectivity index (χ2v) is 5.99. The number of rotatable bonds is 5. The fourth-order valence-electron chi connectivity index (χ4n) is 2.65. The molecule has 0 atom stereocenters. The van der Waals surface area contributed by atoms with Gasteiger partial charge in [0.15, 0.2) is 5.11 Å². The van der Waals surface area contributed by atoms with Gasteiger partial charge in [-0.25, -0.2) is 0 Å². The Morgan fingerprint density at radius 2 is 1.44 bits per heavy atom. The highest BCUT2D eigenvalue weighted by molar-refractivity contribution is 7.80. The van der Waals surface area contributed by atoms with Crippen molar-refractivity contribution >= 4 is 23.0 Å². The van der Waals surface area contributed by atoms with Gasteiger partial charge in [0.05, 0.1) is 13.2 Å². The average Bonchev–Trinajstić information content (AvgIpc) is 2.67. The van der Waals surface area contributed by atoms with E-state index in [0.29, 0.717) is 5.11 Å². The van der Waals surface area contributed by atoms with Crippen LogP contribution in [0, 0.1) is 0 Å². The van der Waals surface area contributed by atoms with Crippen LogP contribution in [0.3, 0.4) is 0 Å². The van der Waals surface area contributed by atoms with E-state index in [-0.39, 0.29) is 6.04 Å². The summed E-state index contributed by atoms with van der Waals surface area (Å²) < 4.78 is 5.25. The number of hydrogen-bond acceptors (Lipinski definition) is 2. The smallest absolute Gasteiger partial charge is 0.171 e. The van der Waals surface area contributed by atoms with Crippen molar-refractivity contribution < 1.29 is 4.74 Å². The molecule has 4 heteroatoms. The Kier molecular flexibility index (Phi) is 5.65. The van der Waals surface area contributed by atoms with Crippen LogP contribution in [0.25, 0.3) is 0 Å². The average molecular weight is 348 g/mol. The number of nitrogens with one attached hydrogen (secondary N) is 2. The zero-order valence-corrected chi connectivity index (χ0v) is 14.8. The van der Waals surface area contributed by atoms with Crippen molar-refractivity contribution in [2.45, 2.75) is 6.04 Å². The summed E-state index contributed by atoms with van der Waals surface area (Å²) in [6, 6.07) is 28.2. The molecule has 0 saturated carbocycles. The molecule has 0 fully saturated rings. The quantitative estimate of drug-likeness (QED) is 0.651. The molecule has 25 heavy (non-hydrogen) atoms. The van der Waals surface area contributed by atoms with Crippen LogP contribution in [0.1, 0.15) is 17.2 Å². The van der Waals surface area contributed by atoms with E-state index in [1.807, 2.05) is 60.7 Å². The monoisotopic (exact) mass is 348 g/mol. The van der Waals surface area contributed by atoms with Gasteiger partial charge in [-0.1, -0.05) is 66.7 Å². The Hall–Kier alpha value is -2.85. The zero-order valence-electron chi connectivity index (χ0n) is 14.0. The maximum atomic E-state index is 5.53. The molecule has 0 radical (unpaired) electrons. The van der Waals surface area contributed by atoms with Crippen molar-refractivity contribution in [1.82, 2.24) is 5.32 Å². The molecule has 0 aromatic heterocycles. The van der Waals surface area contributed by atoms with Crippen LogP contribution in [0.15, 0.2) is 84.9 Å². The van der Waals surface area contributed by atoms with Gasteiger partial charge in [0.1, 0.15) is 5.75 Å². The van der Waals surface area contributed by atoms with E-state index in [4.69, 9.17) is 17.0 Å². The number of hydrogen-bond donors (Lipinski definition) is 2. The minimum Gasteiger partial charge on any atom is -0.497 e. The van der Waals surface area contributed by atoms with Crippen molar-refractivity contribution in [1.29, 1.82) is 0 Å². The minimum atomic E-state index is -0.0204. The van der Waals surface area contributed by atoms with Crippen LogP contribution in [0.4, 0.5) is 5.69 Å². The van der Waals surface area contributed by atoms with Crippen LogP contribution in [0.5, 0.6) is 5.75 Å². The van der Waals surface area contributed by atoms with Gasteiger partial charge < -0.3 is 15.4 Å². The molecule has 0 saturated heterocycles.